The lowest BCUT2D eigenvalue weighted by molar-refractivity contribution is 0.807. The van der Waals surface area contributed by atoms with Gasteiger partial charge in [-0.25, -0.2) is 4.98 Å². The van der Waals surface area contributed by atoms with E-state index < -0.39 is 0 Å². The molecule has 1 heterocycles. The molecule has 6 rings (SSSR count). The Morgan fingerprint density at radius 3 is 2.03 bits per heavy atom. The van der Waals surface area contributed by atoms with Crippen LogP contribution in [0.25, 0.3) is 39.3 Å². The van der Waals surface area contributed by atoms with Gasteiger partial charge in [-0.3, -0.25) is 4.57 Å². The number of fused-ring (bicyclic) bond motifs is 3. The van der Waals surface area contributed by atoms with Gasteiger partial charge in [0.15, 0.2) is 0 Å². The molecule has 0 saturated carbocycles. The van der Waals surface area contributed by atoms with E-state index in [4.69, 9.17) is 4.98 Å². The van der Waals surface area contributed by atoms with E-state index in [1.165, 1.54) is 55.8 Å². The van der Waals surface area contributed by atoms with Crippen molar-refractivity contribution in [2.45, 2.75) is 46.0 Å². The molecule has 2 nitrogen and oxygen atoms in total. The summed E-state index contributed by atoms with van der Waals surface area (Å²) in [5.74, 6) is 1.78. The second-order valence-electron chi connectivity index (χ2n) is 10.5. The summed E-state index contributed by atoms with van der Waals surface area (Å²) in [5.41, 5.74) is 13.2. The lowest BCUT2D eigenvalue weighted by Crippen LogP contribution is -2.09. The largest absolute Gasteiger partial charge is 0.299 e. The van der Waals surface area contributed by atoms with Crippen LogP contribution in [0.2, 0.25) is 0 Å². The van der Waals surface area contributed by atoms with E-state index in [1.807, 2.05) is 6.20 Å². The fraction of sp³-hybridized carbons (Fsp3) is 0.206. The molecule has 5 aromatic rings. The van der Waals surface area contributed by atoms with Crippen LogP contribution in [0.15, 0.2) is 97.3 Å². The first kappa shape index (κ1) is 22.5. The average molecular weight is 469 g/mol. The number of rotatable bonds is 5. The van der Waals surface area contributed by atoms with Gasteiger partial charge >= 0.3 is 0 Å². The summed E-state index contributed by atoms with van der Waals surface area (Å²) in [6, 6.07) is 31.0. The van der Waals surface area contributed by atoms with E-state index >= 15 is 0 Å². The highest BCUT2D eigenvalue weighted by atomic mass is 15.1. The fourth-order valence-corrected chi connectivity index (χ4v) is 5.69. The molecular weight excluding hydrogens is 436 g/mol. The molecule has 0 amide bonds. The number of aromatic nitrogens is 2. The minimum absolute atomic E-state index is 0.377. The molecular formula is C34H32N2. The molecule has 1 aliphatic rings. The van der Waals surface area contributed by atoms with Gasteiger partial charge in [-0.05, 0) is 74.9 Å². The summed E-state index contributed by atoms with van der Waals surface area (Å²) in [4.78, 5) is 4.95. The normalized spacial score (nSPS) is 12.3. The molecule has 1 aromatic heterocycles. The van der Waals surface area contributed by atoms with E-state index in [9.17, 15) is 0 Å². The Morgan fingerprint density at radius 1 is 0.667 bits per heavy atom. The first-order chi connectivity index (χ1) is 17.5. The SMILES string of the molecule is CC(C)c1cc(-c2ccccc2)cc(C(C)C)c1-n1ccnc1-c1cccc2c1Cc1ccccc1-2. The van der Waals surface area contributed by atoms with Crippen molar-refractivity contribution < 1.29 is 0 Å². The zero-order chi connectivity index (χ0) is 24.8. The van der Waals surface area contributed by atoms with Gasteiger partial charge in [0.1, 0.15) is 5.82 Å². The zero-order valence-electron chi connectivity index (χ0n) is 21.5. The van der Waals surface area contributed by atoms with E-state index in [0.717, 1.165) is 12.2 Å². The Labute approximate surface area is 214 Å². The van der Waals surface area contributed by atoms with Gasteiger partial charge < -0.3 is 0 Å². The van der Waals surface area contributed by atoms with Gasteiger partial charge in [-0.15, -0.1) is 0 Å². The Hall–Kier alpha value is -3.91. The highest BCUT2D eigenvalue weighted by molar-refractivity contribution is 5.84. The maximum atomic E-state index is 4.95. The van der Waals surface area contributed by atoms with Crippen LogP contribution in [-0.4, -0.2) is 9.55 Å². The number of hydrogen-bond donors (Lipinski definition) is 0. The molecule has 0 radical (unpaired) electrons. The van der Waals surface area contributed by atoms with Crippen LogP contribution < -0.4 is 0 Å². The van der Waals surface area contributed by atoms with Crippen molar-refractivity contribution in [1.29, 1.82) is 0 Å². The van der Waals surface area contributed by atoms with Crippen molar-refractivity contribution in [2.75, 3.05) is 0 Å². The third kappa shape index (κ3) is 3.69. The van der Waals surface area contributed by atoms with Crippen molar-refractivity contribution in [1.82, 2.24) is 9.55 Å². The average Bonchev–Trinajstić information content (AvgIpc) is 3.53. The minimum atomic E-state index is 0.377. The van der Waals surface area contributed by atoms with E-state index in [0.29, 0.717) is 11.8 Å². The summed E-state index contributed by atoms with van der Waals surface area (Å²) >= 11 is 0. The van der Waals surface area contributed by atoms with Crippen LogP contribution in [0, 0.1) is 0 Å². The molecule has 0 N–H and O–H groups in total. The molecule has 0 atom stereocenters. The van der Waals surface area contributed by atoms with Gasteiger partial charge in [0.05, 0.1) is 5.69 Å². The quantitative estimate of drug-likeness (QED) is 0.247. The second kappa shape index (κ2) is 8.95. The molecule has 36 heavy (non-hydrogen) atoms. The molecule has 1 aliphatic carbocycles. The summed E-state index contributed by atoms with van der Waals surface area (Å²) < 4.78 is 2.35. The van der Waals surface area contributed by atoms with Crippen molar-refractivity contribution in [3.8, 4) is 39.3 Å². The number of hydrogen-bond acceptors (Lipinski definition) is 1. The van der Waals surface area contributed by atoms with Crippen LogP contribution in [0.3, 0.4) is 0 Å². The summed E-state index contributed by atoms with van der Waals surface area (Å²) in [7, 11) is 0. The molecule has 0 bridgehead atoms. The summed E-state index contributed by atoms with van der Waals surface area (Å²) in [6.45, 7) is 9.19. The second-order valence-corrected chi connectivity index (χ2v) is 10.5. The molecule has 178 valence electrons. The molecule has 2 heteroatoms. The standard InChI is InChI=1S/C34H32N2/c1-22(2)30-20-26(24-11-6-5-7-12-24)21-31(23(3)4)33(30)36-18-17-35-34(36)29-16-10-15-28-27-14-9-8-13-25(27)19-32(28)29/h5-18,20-23H,19H2,1-4H3. The molecule has 0 fully saturated rings. The van der Waals surface area contributed by atoms with Crippen molar-refractivity contribution in [3.05, 3.63) is 120 Å². The molecule has 4 aromatic carbocycles. The predicted molar refractivity (Wildman–Crippen MR) is 151 cm³/mol. The molecule has 0 spiro atoms. The van der Waals surface area contributed by atoms with Crippen molar-refractivity contribution >= 4 is 0 Å². The Morgan fingerprint density at radius 2 is 1.31 bits per heavy atom. The lowest BCUT2D eigenvalue weighted by Gasteiger charge is -2.24. The van der Waals surface area contributed by atoms with Crippen LogP contribution in [-0.2, 0) is 6.42 Å². The van der Waals surface area contributed by atoms with Gasteiger partial charge in [-0.1, -0.05) is 100 Å². The first-order valence-corrected chi connectivity index (χ1v) is 13.0. The Balaban J connectivity index is 1.57. The van der Waals surface area contributed by atoms with Crippen molar-refractivity contribution in [3.63, 3.8) is 0 Å². The Bertz CT molecular complexity index is 1520. The zero-order valence-corrected chi connectivity index (χ0v) is 21.5. The Kier molecular flexibility index (Phi) is 5.60. The monoisotopic (exact) mass is 468 g/mol. The number of imidazole rings is 1. The number of benzene rings is 4. The fourth-order valence-electron chi connectivity index (χ4n) is 5.69. The maximum absolute atomic E-state index is 4.95. The highest BCUT2D eigenvalue weighted by Gasteiger charge is 2.25. The van der Waals surface area contributed by atoms with Gasteiger partial charge in [0.25, 0.3) is 0 Å². The third-order valence-electron chi connectivity index (χ3n) is 7.49. The van der Waals surface area contributed by atoms with Crippen LogP contribution in [0.4, 0.5) is 0 Å². The predicted octanol–water partition coefficient (Wildman–Crippen LogP) is 9.02. The van der Waals surface area contributed by atoms with Gasteiger partial charge in [0, 0.05) is 18.0 Å². The first-order valence-electron chi connectivity index (χ1n) is 13.0. The maximum Gasteiger partial charge on any atom is 0.144 e. The van der Waals surface area contributed by atoms with Crippen LogP contribution >= 0.6 is 0 Å². The summed E-state index contributed by atoms with van der Waals surface area (Å²) in [5, 5.41) is 0. The van der Waals surface area contributed by atoms with Gasteiger partial charge in [0.2, 0.25) is 0 Å². The smallest absolute Gasteiger partial charge is 0.144 e. The van der Waals surface area contributed by atoms with E-state index in [-0.39, 0.29) is 0 Å². The van der Waals surface area contributed by atoms with E-state index in [1.54, 1.807) is 0 Å². The third-order valence-corrected chi connectivity index (χ3v) is 7.49. The van der Waals surface area contributed by atoms with Gasteiger partial charge in [-0.2, -0.15) is 0 Å². The molecule has 0 saturated heterocycles. The highest BCUT2D eigenvalue weighted by Crippen LogP contribution is 2.43. The molecule has 0 unspecified atom stereocenters. The van der Waals surface area contributed by atoms with E-state index in [2.05, 4.69) is 123 Å². The minimum Gasteiger partial charge on any atom is -0.299 e. The number of nitrogens with zero attached hydrogens (tertiary/aromatic N) is 2. The van der Waals surface area contributed by atoms with Crippen LogP contribution in [0.1, 0.15) is 61.8 Å². The lowest BCUT2D eigenvalue weighted by atomic mass is 9.88. The topological polar surface area (TPSA) is 17.8 Å². The van der Waals surface area contributed by atoms with Crippen LogP contribution in [0.5, 0.6) is 0 Å². The summed E-state index contributed by atoms with van der Waals surface area (Å²) in [6.07, 6.45) is 5.05. The molecule has 0 aliphatic heterocycles. The van der Waals surface area contributed by atoms with Crippen molar-refractivity contribution in [2.24, 2.45) is 0 Å².